The minimum Gasteiger partial charge on any atom is -0.493 e. The maximum atomic E-state index is 12.0. The fourth-order valence-electron chi connectivity index (χ4n) is 2.09. The lowest BCUT2D eigenvalue weighted by Gasteiger charge is -2.10. The van der Waals surface area contributed by atoms with E-state index in [1.807, 2.05) is 18.2 Å². The highest BCUT2D eigenvalue weighted by Gasteiger charge is 2.07. The lowest BCUT2D eigenvalue weighted by molar-refractivity contribution is 0.0953. The summed E-state index contributed by atoms with van der Waals surface area (Å²) in [5.41, 5.74) is 1.55. The van der Waals surface area contributed by atoms with Gasteiger partial charge < -0.3 is 19.5 Å². The number of nitrogens with one attached hydrogen (secondary N) is 1. The van der Waals surface area contributed by atoms with Crippen LogP contribution in [0.3, 0.4) is 0 Å². The molecule has 2 rings (SSSR count). The summed E-state index contributed by atoms with van der Waals surface area (Å²) in [5.74, 6) is 1.67. The summed E-state index contributed by atoms with van der Waals surface area (Å²) >= 11 is 0. The Labute approximate surface area is 135 Å². The lowest BCUT2D eigenvalue weighted by atomic mass is 10.1. The van der Waals surface area contributed by atoms with E-state index < -0.39 is 0 Å². The van der Waals surface area contributed by atoms with Crippen molar-refractivity contribution >= 4 is 5.91 Å². The standard InChI is InChI=1S/C17H20N2O4/c1-21-14-6-4-12(10-15(14)22-2)8-9-18-17(20)13-5-7-16(23-3)19-11-13/h4-7,10-11H,8-9H2,1-3H3,(H,18,20). The SMILES string of the molecule is COc1ccc(C(=O)NCCc2ccc(OC)c(OC)c2)cn1. The number of aromatic nitrogens is 1. The molecule has 6 nitrogen and oxygen atoms in total. The van der Waals surface area contributed by atoms with Gasteiger partial charge in [-0.25, -0.2) is 4.98 Å². The fraction of sp³-hybridized carbons (Fsp3) is 0.294. The van der Waals surface area contributed by atoms with E-state index in [4.69, 9.17) is 14.2 Å². The molecule has 1 aromatic heterocycles. The summed E-state index contributed by atoms with van der Waals surface area (Å²) in [7, 11) is 4.73. The molecule has 0 aliphatic heterocycles. The highest BCUT2D eigenvalue weighted by molar-refractivity contribution is 5.93. The van der Waals surface area contributed by atoms with Gasteiger partial charge in [0.25, 0.3) is 5.91 Å². The molecule has 0 unspecified atom stereocenters. The Hall–Kier alpha value is -2.76. The van der Waals surface area contributed by atoms with Crippen molar-refractivity contribution in [1.29, 1.82) is 0 Å². The molecule has 6 heteroatoms. The van der Waals surface area contributed by atoms with Gasteiger partial charge in [0.05, 0.1) is 26.9 Å². The Morgan fingerprint density at radius 1 is 1.04 bits per heavy atom. The number of carbonyl (C=O) groups excluding carboxylic acids is 1. The van der Waals surface area contributed by atoms with Crippen molar-refractivity contribution in [2.75, 3.05) is 27.9 Å². The van der Waals surface area contributed by atoms with Crippen LogP contribution < -0.4 is 19.5 Å². The van der Waals surface area contributed by atoms with Crippen LogP contribution in [0.5, 0.6) is 17.4 Å². The van der Waals surface area contributed by atoms with Crippen LogP contribution in [0.1, 0.15) is 15.9 Å². The van der Waals surface area contributed by atoms with E-state index in [0.717, 1.165) is 5.56 Å². The number of ether oxygens (including phenoxy) is 3. The first kappa shape index (κ1) is 16.6. The van der Waals surface area contributed by atoms with Gasteiger partial charge in [0.2, 0.25) is 5.88 Å². The molecule has 0 spiro atoms. The molecule has 0 atom stereocenters. The van der Waals surface area contributed by atoms with Gasteiger partial charge in [0.1, 0.15) is 0 Å². The number of rotatable bonds is 7. The predicted octanol–water partition coefficient (Wildman–Crippen LogP) is 2.08. The average molecular weight is 316 g/mol. The Morgan fingerprint density at radius 3 is 2.43 bits per heavy atom. The second-order valence-corrected chi connectivity index (χ2v) is 4.78. The van der Waals surface area contributed by atoms with Crippen molar-refractivity contribution in [3.05, 3.63) is 47.7 Å². The van der Waals surface area contributed by atoms with Crippen LogP contribution in [0.25, 0.3) is 0 Å². The Bertz CT molecular complexity index is 656. The Kier molecular flexibility index (Phi) is 5.80. The van der Waals surface area contributed by atoms with Crippen LogP contribution in [-0.2, 0) is 6.42 Å². The topological polar surface area (TPSA) is 69.7 Å². The predicted molar refractivity (Wildman–Crippen MR) is 86.4 cm³/mol. The van der Waals surface area contributed by atoms with Crippen molar-refractivity contribution < 1.29 is 19.0 Å². The maximum absolute atomic E-state index is 12.0. The minimum atomic E-state index is -0.166. The highest BCUT2D eigenvalue weighted by Crippen LogP contribution is 2.27. The van der Waals surface area contributed by atoms with Gasteiger partial charge in [-0.3, -0.25) is 4.79 Å². The number of hydrogen-bond acceptors (Lipinski definition) is 5. The van der Waals surface area contributed by atoms with E-state index in [9.17, 15) is 4.79 Å². The fourth-order valence-corrected chi connectivity index (χ4v) is 2.09. The third kappa shape index (κ3) is 4.35. The summed E-state index contributed by atoms with van der Waals surface area (Å²) in [6.45, 7) is 0.514. The summed E-state index contributed by atoms with van der Waals surface area (Å²) in [6.07, 6.45) is 2.18. The van der Waals surface area contributed by atoms with E-state index in [-0.39, 0.29) is 5.91 Å². The normalized spacial score (nSPS) is 10.0. The molecule has 0 aliphatic rings. The van der Waals surface area contributed by atoms with Crippen molar-refractivity contribution in [3.8, 4) is 17.4 Å². The van der Waals surface area contributed by atoms with E-state index in [0.29, 0.717) is 35.9 Å². The molecule has 0 saturated carbocycles. The Morgan fingerprint density at radius 2 is 1.83 bits per heavy atom. The zero-order valence-corrected chi connectivity index (χ0v) is 13.5. The summed E-state index contributed by atoms with van der Waals surface area (Å²) < 4.78 is 15.4. The molecule has 1 heterocycles. The third-order valence-electron chi connectivity index (χ3n) is 3.35. The van der Waals surface area contributed by atoms with Gasteiger partial charge in [-0.05, 0) is 30.2 Å². The van der Waals surface area contributed by atoms with Crippen molar-refractivity contribution in [2.45, 2.75) is 6.42 Å². The first-order valence-electron chi connectivity index (χ1n) is 7.17. The van der Waals surface area contributed by atoms with Crippen LogP contribution in [-0.4, -0.2) is 38.8 Å². The summed E-state index contributed by atoms with van der Waals surface area (Å²) in [4.78, 5) is 16.0. The van der Waals surface area contributed by atoms with Gasteiger partial charge >= 0.3 is 0 Å². The monoisotopic (exact) mass is 316 g/mol. The molecule has 0 radical (unpaired) electrons. The van der Waals surface area contributed by atoms with E-state index in [2.05, 4.69) is 10.3 Å². The molecule has 1 aromatic carbocycles. The van der Waals surface area contributed by atoms with Crippen molar-refractivity contribution in [1.82, 2.24) is 10.3 Å². The van der Waals surface area contributed by atoms with Gasteiger partial charge in [0, 0.05) is 18.8 Å². The molecule has 122 valence electrons. The largest absolute Gasteiger partial charge is 0.493 e. The van der Waals surface area contributed by atoms with E-state index in [1.165, 1.54) is 13.3 Å². The number of methoxy groups -OCH3 is 3. The van der Waals surface area contributed by atoms with Gasteiger partial charge in [-0.1, -0.05) is 6.07 Å². The molecule has 1 N–H and O–H groups in total. The minimum absolute atomic E-state index is 0.166. The van der Waals surface area contributed by atoms with Crippen LogP contribution in [0.2, 0.25) is 0 Å². The first-order valence-corrected chi connectivity index (χ1v) is 7.17. The quantitative estimate of drug-likeness (QED) is 0.847. The number of hydrogen-bond donors (Lipinski definition) is 1. The molecule has 0 aliphatic carbocycles. The highest BCUT2D eigenvalue weighted by atomic mass is 16.5. The molecular weight excluding hydrogens is 296 g/mol. The second-order valence-electron chi connectivity index (χ2n) is 4.78. The van der Waals surface area contributed by atoms with E-state index >= 15 is 0 Å². The maximum Gasteiger partial charge on any atom is 0.252 e. The van der Waals surface area contributed by atoms with E-state index in [1.54, 1.807) is 26.4 Å². The number of pyridine rings is 1. The zero-order valence-electron chi connectivity index (χ0n) is 13.5. The van der Waals surface area contributed by atoms with Crippen LogP contribution in [0, 0.1) is 0 Å². The number of nitrogens with zero attached hydrogens (tertiary/aromatic N) is 1. The Balaban J connectivity index is 1.90. The number of carbonyl (C=O) groups is 1. The van der Waals surface area contributed by atoms with Crippen molar-refractivity contribution in [3.63, 3.8) is 0 Å². The van der Waals surface area contributed by atoms with Gasteiger partial charge in [-0.2, -0.15) is 0 Å². The lowest BCUT2D eigenvalue weighted by Crippen LogP contribution is -2.25. The second kappa shape index (κ2) is 8.03. The third-order valence-corrected chi connectivity index (χ3v) is 3.35. The van der Waals surface area contributed by atoms with Crippen LogP contribution in [0.4, 0.5) is 0 Å². The van der Waals surface area contributed by atoms with Gasteiger partial charge in [-0.15, -0.1) is 0 Å². The first-order chi connectivity index (χ1) is 11.2. The van der Waals surface area contributed by atoms with Crippen LogP contribution in [0.15, 0.2) is 36.5 Å². The number of amides is 1. The zero-order chi connectivity index (χ0) is 16.7. The smallest absolute Gasteiger partial charge is 0.252 e. The van der Waals surface area contributed by atoms with Crippen molar-refractivity contribution in [2.24, 2.45) is 0 Å². The molecule has 0 bridgehead atoms. The van der Waals surface area contributed by atoms with Gasteiger partial charge in [0.15, 0.2) is 11.5 Å². The molecule has 1 amide bonds. The molecule has 0 fully saturated rings. The van der Waals surface area contributed by atoms with Crippen LogP contribution >= 0.6 is 0 Å². The summed E-state index contributed by atoms with van der Waals surface area (Å²) in [6, 6.07) is 9.03. The molecule has 0 saturated heterocycles. The molecule has 2 aromatic rings. The summed E-state index contributed by atoms with van der Waals surface area (Å²) in [5, 5.41) is 2.86. The average Bonchev–Trinajstić information content (AvgIpc) is 2.61. The molecular formula is C17H20N2O4. The molecule has 23 heavy (non-hydrogen) atoms. The number of benzene rings is 1.